The molecular formula is C8H11BrO. The topological polar surface area (TPSA) is 13.1 Å². The molecule has 1 rings (SSSR count). The van der Waals surface area contributed by atoms with E-state index in [9.17, 15) is 0 Å². The molecule has 0 aliphatic carbocycles. The van der Waals surface area contributed by atoms with Gasteiger partial charge in [0, 0.05) is 17.8 Å². The van der Waals surface area contributed by atoms with Crippen LogP contribution in [0.4, 0.5) is 0 Å². The average molecular weight is 212 g/mol. The van der Waals surface area contributed by atoms with Gasteiger partial charge in [-0.25, -0.2) is 0 Å². The van der Waals surface area contributed by atoms with Crippen LogP contribution in [0.3, 0.4) is 0 Å². The second kappa shape index (κ2) is 2.42. The quantitative estimate of drug-likeness (QED) is 0.642. The van der Waals surface area contributed by atoms with Crippen LogP contribution in [0.5, 0.6) is 0 Å². The molecular weight excluding hydrogens is 192 g/mol. The van der Waals surface area contributed by atoms with Crippen molar-refractivity contribution in [2.24, 2.45) is 0 Å². The van der Waals surface area contributed by atoms with Gasteiger partial charge < -0.3 is 4.42 Å². The Morgan fingerprint density at radius 3 is 2.60 bits per heavy atom. The lowest BCUT2D eigenvalue weighted by Gasteiger charge is -2.13. The Balaban J connectivity index is 3.75. The minimum absolute atomic E-state index is 0.0598. The summed E-state index contributed by atoms with van der Waals surface area (Å²) in [6.07, 6.45) is 0. The zero-order valence-electron chi connectivity index (χ0n) is 13.9. The van der Waals surface area contributed by atoms with Crippen LogP contribution in [-0.2, 0) is 5.41 Å². The van der Waals surface area contributed by atoms with E-state index >= 15 is 0 Å². The van der Waals surface area contributed by atoms with Crippen molar-refractivity contribution in [1.29, 1.82) is 0 Å². The molecule has 0 spiro atoms. The minimum atomic E-state index is -3.29. The van der Waals surface area contributed by atoms with Crippen molar-refractivity contribution in [3.8, 4) is 0 Å². The first-order valence-electron chi connectivity index (χ1n) is 7.01. The normalized spacial score (nSPS) is 29.1. The van der Waals surface area contributed by atoms with E-state index in [0.29, 0.717) is 0 Å². The summed E-state index contributed by atoms with van der Waals surface area (Å²) in [4.78, 5) is 0. The fourth-order valence-corrected chi connectivity index (χ4v) is 0.822. The van der Waals surface area contributed by atoms with Gasteiger partial charge in [0.15, 0.2) is 4.67 Å². The smallest absolute Gasteiger partial charge is 0.169 e. The van der Waals surface area contributed by atoms with Crippen molar-refractivity contribution in [3.63, 3.8) is 0 Å². The molecule has 0 aliphatic rings. The summed E-state index contributed by atoms with van der Waals surface area (Å²) < 4.78 is 71.9. The number of rotatable bonds is 0. The lowest BCUT2D eigenvalue weighted by atomic mass is 9.94. The van der Waals surface area contributed by atoms with Crippen LogP contribution in [0.15, 0.2) is 21.2 Å². The summed E-state index contributed by atoms with van der Waals surface area (Å²) in [6, 6.07) is 2.31. The molecule has 0 atom stereocenters. The molecule has 0 bridgehead atoms. The fraction of sp³-hybridized carbons (Fsp3) is 0.500. The molecule has 10 heavy (non-hydrogen) atoms. The minimum Gasteiger partial charge on any atom is -0.454 e. The molecule has 0 saturated heterocycles. The third-order valence-corrected chi connectivity index (χ3v) is 1.37. The van der Waals surface area contributed by atoms with Crippen molar-refractivity contribution in [2.75, 3.05) is 0 Å². The first kappa shape index (κ1) is 2.13. The molecule has 0 saturated carbocycles. The highest BCUT2D eigenvalue weighted by Crippen LogP contribution is 2.26. The standard InChI is InChI=1S/C8H11BrO/c1-8(2,3)6-4-5-7(9)10-6/h4-5H,1-3H3/i1D3,2D3,3D3. The molecule has 0 N–H and O–H groups in total. The first-order valence-corrected chi connectivity index (χ1v) is 3.30. The lowest BCUT2D eigenvalue weighted by molar-refractivity contribution is 0.397. The summed E-state index contributed by atoms with van der Waals surface area (Å²) in [5, 5.41) is 0. The Labute approximate surface area is 82.2 Å². The molecule has 0 fully saturated rings. The first-order chi connectivity index (χ1) is 8.25. The molecule has 0 unspecified atom stereocenters. The van der Waals surface area contributed by atoms with Crippen LogP contribution in [0.1, 0.15) is 38.7 Å². The van der Waals surface area contributed by atoms with E-state index in [1.54, 1.807) is 0 Å². The van der Waals surface area contributed by atoms with E-state index in [4.69, 9.17) is 16.8 Å². The number of hydrogen-bond acceptors (Lipinski definition) is 1. The Kier molecular flexibility index (Phi) is 0.515. The van der Waals surface area contributed by atoms with Gasteiger partial charge in [-0.1, -0.05) is 20.6 Å². The second-order valence-electron chi connectivity index (χ2n) is 1.85. The Bertz CT molecular complexity index is 416. The van der Waals surface area contributed by atoms with E-state index in [0.717, 1.165) is 6.07 Å². The van der Waals surface area contributed by atoms with E-state index in [1.165, 1.54) is 6.07 Å². The highest BCUT2D eigenvalue weighted by Gasteiger charge is 2.17. The summed E-state index contributed by atoms with van der Waals surface area (Å²) in [5.41, 5.74) is -3.07. The molecule has 2 heteroatoms. The predicted octanol–water partition coefficient (Wildman–Crippen LogP) is 3.34. The van der Waals surface area contributed by atoms with Crippen LogP contribution < -0.4 is 0 Å². The van der Waals surface area contributed by atoms with Crippen molar-refractivity contribution in [1.82, 2.24) is 0 Å². The van der Waals surface area contributed by atoms with Crippen molar-refractivity contribution >= 4 is 15.9 Å². The number of halogens is 1. The monoisotopic (exact) mass is 211 g/mol. The van der Waals surface area contributed by atoms with Crippen LogP contribution in [0.2, 0.25) is 0 Å². The number of furan rings is 1. The van der Waals surface area contributed by atoms with E-state index < -0.39 is 31.7 Å². The third kappa shape index (κ3) is 1.63. The highest BCUT2D eigenvalue weighted by atomic mass is 79.9. The molecule has 0 radical (unpaired) electrons. The van der Waals surface area contributed by atoms with E-state index in [1.807, 2.05) is 0 Å². The molecule has 56 valence electrons. The highest BCUT2D eigenvalue weighted by molar-refractivity contribution is 9.10. The van der Waals surface area contributed by atoms with Gasteiger partial charge in [0.05, 0.1) is 0 Å². The zero-order chi connectivity index (χ0) is 15.3. The maximum atomic E-state index is 7.43. The molecule has 1 aromatic heterocycles. The average Bonchev–Trinajstić information content (AvgIpc) is 2.43. The van der Waals surface area contributed by atoms with Crippen LogP contribution in [-0.4, -0.2) is 0 Å². The van der Waals surface area contributed by atoms with Gasteiger partial charge >= 0.3 is 0 Å². The van der Waals surface area contributed by atoms with Crippen LogP contribution >= 0.6 is 15.9 Å². The third-order valence-electron chi connectivity index (χ3n) is 0.943. The summed E-state index contributed by atoms with van der Waals surface area (Å²) in [5.74, 6) is -0.612. The fourth-order valence-electron chi connectivity index (χ4n) is 0.516. The van der Waals surface area contributed by atoms with E-state index in [2.05, 4.69) is 15.9 Å². The van der Waals surface area contributed by atoms with Gasteiger partial charge in [0.25, 0.3) is 0 Å². The van der Waals surface area contributed by atoms with E-state index in [-0.39, 0.29) is 4.67 Å². The largest absolute Gasteiger partial charge is 0.454 e. The molecule has 0 aliphatic heterocycles. The summed E-state index contributed by atoms with van der Waals surface area (Å²) >= 11 is 2.91. The molecule has 1 aromatic rings. The van der Waals surface area contributed by atoms with Gasteiger partial charge in [-0.2, -0.15) is 0 Å². The van der Waals surface area contributed by atoms with Crippen molar-refractivity contribution < 1.29 is 16.8 Å². The van der Waals surface area contributed by atoms with Crippen LogP contribution in [0, 0.1) is 0 Å². The van der Waals surface area contributed by atoms with Gasteiger partial charge in [-0.05, 0) is 28.1 Å². The zero-order valence-corrected chi connectivity index (χ0v) is 6.53. The van der Waals surface area contributed by atoms with Crippen molar-refractivity contribution in [3.05, 3.63) is 22.6 Å². The van der Waals surface area contributed by atoms with Gasteiger partial charge in [-0.3, -0.25) is 0 Å². The molecule has 1 nitrogen and oxygen atoms in total. The van der Waals surface area contributed by atoms with Gasteiger partial charge in [0.2, 0.25) is 0 Å². The number of hydrogen-bond donors (Lipinski definition) is 0. The maximum absolute atomic E-state index is 7.43. The predicted molar refractivity (Wildman–Crippen MR) is 45.1 cm³/mol. The Hall–Kier alpha value is -0.240. The van der Waals surface area contributed by atoms with Crippen LogP contribution in [0.25, 0.3) is 0 Å². The summed E-state index contributed by atoms with van der Waals surface area (Å²) in [6.45, 7) is -9.87. The van der Waals surface area contributed by atoms with Crippen molar-refractivity contribution in [2.45, 2.75) is 26.0 Å². The molecule has 1 heterocycles. The SMILES string of the molecule is [2H]C([2H])([2H])C(c1ccc(Br)o1)(C([2H])([2H])[2H])C([2H])([2H])[2H]. The van der Waals surface area contributed by atoms with Gasteiger partial charge in [-0.15, -0.1) is 0 Å². The summed E-state index contributed by atoms with van der Waals surface area (Å²) in [7, 11) is 0. The second-order valence-corrected chi connectivity index (χ2v) is 2.64. The van der Waals surface area contributed by atoms with Gasteiger partial charge in [0.1, 0.15) is 5.76 Å². The lowest BCUT2D eigenvalue weighted by Crippen LogP contribution is -2.08. The Morgan fingerprint density at radius 1 is 1.50 bits per heavy atom. The Morgan fingerprint density at radius 2 is 2.20 bits per heavy atom. The maximum Gasteiger partial charge on any atom is 0.169 e. The molecule has 0 amide bonds. The molecule has 0 aromatic carbocycles.